The third-order valence-corrected chi connectivity index (χ3v) is 4.23. The smallest absolute Gasteiger partial charge is 0.123 e. The SMILES string of the molecule is CC(C)C(C)Sc1cc(Cl)ccc1C(=N)N. The molecule has 0 fully saturated rings. The lowest BCUT2D eigenvalue weighted by Gasteiger charge is -2.17. The van der Waals surface area contributed by atoms with Crippen molar-refractivity contribution in [2.24, 2.45) is 11.7 Å². The summed E-state index contributed by atoms with van der Waals surface area (Å²) >= 11 is 7.68. The Morgan fingerprint density at radius 1 is 1.38 bits per heavy atom. The van der Waals surface area contributed by atoms with Crippen molar-refractivity contribution in [1.29, 1.82) is 5.41 Å². The maximum absolute atomic E-state index is 7.52. The van der Waals surface area contributed by atoms with Gasteiger partial charge in [0.15, 0.2) is 0 Å². The molecule has 1 aromatic rings. The zero-order valence-electron chi connectivity index (χ0n) is 9.75. The Morgan fingerprint density at radius 2 is 2.00 bits per heavy atom. The summed E-state index contributed by atoms with van der Waals surface area (Å²) in [6.07, 6.45) is 0. The van der Waals surface area contributed by atoms with Gasteiger partial charge in [-0.25, -0.2) is 0 Å². The Balaban J connectivity index is 3.01. The average molecular weight is 257 g/mol. The van der Waals surface area contributed by atoms with Crippen LogP contribution in [-0.4, -0.2) is 11.1 Å². The number of rotatable bonds is 4. The standard InChI is InChI=1S/C12H17ClN2S/c1-7(2)8(3)16-11-6-9(13)4-5-10(11)12(14)15/h4-8H,1-3H3,(H3,14,15). The highest BCUT2D eigenvalue weighted by Gasteiger charge is 2.13. The summed E-state index contributed by atoms with van der Waals surface area (Å²) in [6, 6.07) is 5.45. The first-order valence-electron chi connectivity index (χ1n) is 5.22. The van der Waals surface area contributed by atoms with E-state index in [0.717, 1.165) is 10.5 Å². The predicted octanol–water partition coefficient (Wildman–Crippen LogP) is 3.76. The minimum absolute atomic E-state index is 0.0927. The fourth-order valence-corrected chi connectivity index (χ4v) is 2.56. The molecule has 0 aliphatic carbocycles. The van der Waals surface area contributed by atoms with Crippen LogP contribution in [0.15, 0.2) is 23.1 Å². The summed E-state index contributed by atoms with van der Waals surface area (Å²) in [4.78, 5) is 0.987. The molecule has 16 heavy (non-hydrogen) atoms. The van der Waals surface area contributed by atoms with Crippen molar-refractivity contribution in [2.45, 2.75) is 30.9 Å². The number of nitrogens with two attached hydrogens (primary N) is 1. The van der Waals surface area contributed by atoms with Gasteiger partial charge in [0.05, 0.1) is 0 Å². The van der Waals surface area contributed by atoms with Gasteiger partial charge < -0.3 is 5.73 Å². The van der Waals surface area contributed by atoms with Crippen molar-refractivity contribution < 1.29 is 0 Å². The van der Waals surface area contributed by atoms with Gasteiger partial charge in [0.25, 0.3) is 0 Å². The van der Waals surface area contributed by atoms with Gasteiger partial charge in [0.1, 0.15) is 5.84 Å². The van der Waals surface area contributed by atoms with Crippen LogP contribution >= 0.6 is 23.4 Å². The molecule has 0 aliphatic heterocycles. The maximum Gasteiger partial charge on any atom is 0.123 e. The molecule has 1 unspecified atom stereocenters. The molecule has 0 saturated heterocycles. The fraction of sp³-hybridized carbons (Fsp3) is 0.417. The third kappa shape index (κ3) is 3.42. The molecule has 2 nitrogen and oxygen atoms in total. The van der Waals surface area contributed by atoms with Crippen molar-refractivity contribution in [3.05, 3.63) is 28.8 Å². The molecule has 1 atom stereocenters. The van der Waals surface area contributed by atoms with Gasteiger partial charge in [0, 0.05) is 20.7 Å². The fourth-order valence-electron chi connectivity index (χ4n) is 1.15. The van der Waals surface area contributed by atoms with Crippen molar-refractivity contribution in [3.8, 4) is 0 Å². The van der Waals surface area contributed by atoms with E-state index in [1.807, 2.05) is 6.07 Å². The minimum atomic E-state index is 0.0927. The highest BCUT2D eigenvalue weighted by Crippen LogP contribution is 2.32. The Bertz CT molecular complexity index is 391. The van der Waals surface area contributed by atoms with E-state index < -0.39 is 0 Å². The third-order valence-electron chi connectivity index (χ3n) is 2.49. The van der Waals surface area contributed by atoms with E-state index in [4.69, 9.17) is 22.7 Å². The summed E-state index contributed by atoms with van der Waals surface area (Å²) in [5, 5.41) is 8.67. The quantitative estimate of drug-likeness (QED) is 0.490. The molecule has 1 aromatic carbocycles. The summed E-state index contributed by atoms with van der Waals surface area (Å²) in [7, 11) is 0. The Labute approximate surface area is 106 Å². The molecule has 0 heterocycles. The van der Waals surface area contributed by atoms with Crippen LogP contribution in [0.3, 0.4) is 0 Å². The second-order valence-corrected chi connectivity index (χ2v) is 5.98. The second-order valence-electron chi connectivity index (χ2n) is 4.12. The van der Waals surface area contributed by atoms with E-state index in [0.29, 0.717) is 16.2 Å². The number of amidine groups is 1. The molecule has 0 amide bonds. The van der Waals surface area contributed by atoms with Gasteiger partial charge in [-0.2, -0.15) is 0 Å². The molecule has 0 aliphatic rings. The van der Waals surface area contributed by atoms with Crippen LogP contribution in [0.5, 0.6) is 0 Å². The van der Waals surface area contributed by atoms with Crippen molar-refractivity contribution in [3.63, 3.8) is 0 Å². The van der Waals surface area contributed by atoms with Crippen molar-refractivity contribution >= 4 is 29.2 Å². The summed E-state index contributed by atoms with van der Waals surface area (Å²) < 4.78 is 0. The van der Waals surface area contributed by atoms with E-state index >= 15 is 0 Å². The van der Waals surface area contributed by atoms with E-state index in [2.05, 4.69) is 20.8 Å². The number of halogens is 1. The van der Waals surface area contributed by atoms with Crippen LogP contribution in [0.2, 0.25) is 5.02 Å². The number of hydrogen-bond acceptors (Lipinski definition) is 2. The van der Waals surface area contributed by atoms with E-state index in [1.54, 1.807) is 23.9 Å². The first kappa shape index (κ1) is 13.4. The zero-order valence-corrected chi connectivity index (χ0v) is 11.3. The molecular weight excluding hydrogens is 240 g/mol. The Hall–Kier alpha value is -0.670. The number of thioether (sulfide) groups is 1. The zero-order chi connectivity index (χ0) is 12.3. The predicted molar refractivity (Wildman–Crippen MR) is 72.6 cm³/mol. The highest BCUT2D eigenvalue weighted by molar-refractivity contribution is 8.00. The van der Waals surface area contributed by atoms with Crippen LogP contribution in [0.4, 0.5) is 0 Å². The van der Waals surface area contributed by atoms with Gasteiger partial charge in [-0.3, -0.25) is 5.41 Å². The molecule has 0 bridgehead atoms. The van der Waals surface area contributed by atoms with Crippen LogP contribution in [0, 0.1) is 11.3 Å². The summed E-state index contributed by atoms with van der Waals surface area (Å²) in [5.41, 5.74) is 6.31. The number of hydrogen-bond donors (Lipinski definition) is 2. The lowest BCUT2D eigenvalue weighted by molar-refractivity contribution is 0.642. The molecule has 0 saturated carbocycles. The first-order valence-corrected chi connectivity index (χ1v) is 6.48. The van der Waals surface area contributed by atoms with Gasteiger partial charge in [-0.1, -0.05) is 32.4 Å². The molecule has 4 heteroatoms. The van der Waals surface area contributed by atoms with Crippen LogP contribution < -0.4 is 5.73 Å². The normalized spacial score (nSPS) is 12.8. The van der Waals surface area contributed by atoms with E-state index in [-0.39, 0.29) is 5.84 Å². The van der Waals surface area contributed by atoms with Crippen molar-refractivity contribution in [1.82, 2.24) is 0 Å². The monoisotopic (exact) mass is 256 g/mol. The van der Waals surface area contributed by atoms with Gasteiger partial charge >= 0.3 is 0 Å². The first-order chi connectivity index (χ1) is 7.41. The van der Waals surface area contributed by atoms with Crippen LogP contribution in [-0.2, 0) is 0 Å². The highest BCUT2D eigenvalue weighted by atomic mass is 35.5. The second kappa shape index (κ2) is 5.60. The average Bonchev–Trinajstić information content (AvgIpc) is 2.16. The number of nitrogen functional groups attached to an aromatic ring is 1. The molecule has 0 radical (unpaired) electrons. The lowest BCUT2D eigenvalue weighted by Crippen LogP contribution is -2.13. The molecule has 0 spiro atoms. The van der Waals surface area contributed by atoms with E-state index in [1.165, 1.54) is 0 Å². The Morgan fingerprint density at radius 3 is 2.50 bits per heavy atom. The van der Waals surface area contributed by atoms with Crippen LogP contribution in [0.1, 0.15) is 26.3 Å². The molecule has 88 valence electrons. The minimum Gasteiger partial charge on any atom is -0.384 e. The summed E-state index contributed by atoms with van der Waals surface area (Å²) in [5.74, 6) is 0.666. The number of nitrogens with one attached hydrogen (secondary N) is 1. The van der Waals surface area contributed by atoms with E-state index in [9.17, 15) is 0 Å². The molecule has 0 aromatic heterocycles. The summed E-state index contributed by atoms with van der Waals surface area (Å²) in [6.45, 7) is 6.52. The number of benzene rings is 1. The largest absolute Gasteiger partial charge is 0.384 e. The van der Waals surface area contributed by atoms with Crippen molar-refractivity contribution in [2.75, 3.05) is 0 Å². The molecule has 3 N–H and O–H groups in total. The van der Waals surface area contributed by atoms with Gasteiger partial charge in [-0.15, -0.1) is 11.8 Å². The molecule has 1 rings (SSSR count). The maximum atomic E-state index is 7.52. The van der Waals surface area contributed by atoms with Crippen LogP contribution in [0.25, 0.3) is 0 Å². The Kier molecular flexibility index (Phi) is 4.69. The topological polar surface area (TPSA) is 49.9 Å². The molecular formula is C12H17ClN2S. The lowest BCUT2D eigenvalue weighted by atomic mass is 10.2. The van der Waals surface area contributed by atoms with Gasteiger partial charge in [0.2, 0.25) is 0 Å². The van der Waals surface area contributed by atoms with Gasteiger partial charge in [-0.05, 0) is 24.1 Å².